The molecule has 16 heavy (non-hydrogen) atoms. The summed E-state index contributed by atoms with van der Waals surface area (Å²) >= 11 is 0. The Morgan fingerprint density at radius 2 is 2.19 bits per heavy atom. The molecule has 0 spiro atoms. The molecule has 0 aromatic carbocycles. The minimum atomic E-state index is -4.46. The maximum Gasteiger partial charge on any atom is 0.435 e. The van der Waals surface area contributed by atoms with E-state index in [4.69, 9.17) is 0 Å². The second-order valence-electron chi connectivity index (χ2n) is 3.74. The van der Waals surface area contributed by atoms with Crippen LogP contribution in [0.2, 0.25) is 0 Å². The number of likely N-dealkylation sites (N-methyl/N-ethyl adjacent to an activating group) is 1. The van der Waals surface area contributed by atoms with Crippen molar-refractivity contribution < 1.29 is 18.0 Å². The third-order valence-electron chi connectivity index (χ3n) is 2.62. The van der Waals surface area contributed by atoms with E-state index < -0.39 is 17.9 Å². The molecule has 1 aliphatic heterocycles. The summed E-state index contributed by atoms with van der Waals surface area (Å²) in [6.45, 7) is 0.546. The molecule has 0 radical (unpaired) electrons. The molecule has 1 aromatic rings. The van der Waals surface area contributed by atoms with E-state index in [2.05, 4.69) is 5.10 Å². The summed E-state index contributed by atoms with van der Waals surface area (Å²) in [5.74, 6) is -0.197. The fraction of sp³-hybridized carbons (Fsp3) is 0.556. The molecule has 4 nitrogen and oxygen atoms in total. The Hall–Kier alpha value is -1.53. The second kappa shape index (κ2) is 3.50. The molecule has 88 valence electrons. The second-order valence-corrected chi connectivity index (χ2v) is 3.74. The molecule has 1 atom stereocenters. The maximum atomic E-state index is 12.3. The summed E-state index contributed by atoms with van der Waals surface area (Å²) in [6, 6.07) is 0.284. The van der Waals surface area contributed by atoms with Gasteiger partial charge in [0.25, 0.3) is 0 Å². The lowest BCUT2D eigenvalue weighted by molar-refractivity contribution is -0.142. The van der Waals surface area contributed by atoms with Crippen LogP contribution in [0.15, 0.2) is 12.3 Å². The van der Waals surface area contributed by atoms with E-state index in [0.717, 1.165) is 10.7 Å². The number of hydrogen-bond donors (Lipinski definition) is 0. The lowest BCUT2D eigenvalue weighted by Gasteiger charge is -2.10. The van der Waals surface area contributed by atoms with Gasteiger partial charge >= 0.3 is 6.18 Å². The monoisotopic (exact) mass is 233 g/mol. The van der Waals surface area contributed by atoms with Gasteiger partial charge in [-0.2, -0.15) is 18.3 Å². The number of rotatable bonds is 1. The van der Waals surface area contributed by atoms with Gasteiger partial charge in [-0.15, -0.1) is 0 Å². The number of nitrogens with zero attached hydrogens (tertiary/aromatic N) is 3. The van der Waals surface area contributed by atoms with Crippen LogP contribution in [0.3, 0.4) is 0 Å². The fourth-order valence-corrected chi connectivity index (χ4v) is 1.71. The van der Waals surface area contributed by atoms with Crippen molar-refractivity contribution in [2.24, 2.45) is 0 Å². The quantitative estimate of drug-likeness (QED) is 0.733. The first-order valence-electron chi connectivity index (χ1n) is 4.77. The van der Waals surface area contributed by atoms with Gasteiger partial charge in [-0.1, -0.05) is 0 Å². The van der Waals surface area contributed by atoms with E-state index in [1.165, 1.54) is 11.1 Å². The topological polar surface area (TPSA) is 38.1 Å². The molecule has 0 bridgehead atoms. The molecule has 7 heteroatoms. The summed E-state index contributed by atoms with van der Waals surface area (Å²) in [4.78, 5) is 13.0. The standard InChI is InChI=1S/C9H10F3N3O/c1-14-4-2-6(8(14)16)15-5-3-7(13-15)9(10,11)12/h3,5-6H,2,4H2,1H3. The van der Waals surface area contributed by atoms with Gasteiger partial charge in [0.1, 0.15) is 6.04 Å². The van der Waals surface area contributed by atoms with Crippen LogP contribution in [-0.2, 0) is 11.0 Å². The smallest absolute Gasteiger partial charge is 0.344 e. The van der Waals surface area contributed by atoms with E-state index in [9.17, 15) is 18.0 Å². The van der Waals surface area contributed by atoms with Gasteiger partial charge in [0.2, 0.25) is 5.91 Å². The number of alkyl halides is 3. The van der Waals surface area contributed by atoms with Crippen LogP contribution >= 0.6 is 0 Å². The minimum Gasteiger partial charge on any atom is -0.344 e. The number of carbonyl (C=O) groups is 1. The number of halogens is 3. The molecule has 2 rings (SSSR count). The van der Waals surface area contributed by atoms with Gasteiger partial charge in [0.05, 0.1) is 0 Å². The first-order valence-corrected chi connectivity index (χ1v) is 4.77. The molecule has 1 unspecified atom stereocenters. The number of aromatic nitrogens is 2. The van der Waals surface area contributed by atoms with Gasteiger partial charge < -0.3 is 4.90 Å². The van der Waals surface area contributed by atoms with Crippen LogP contribution in [0.4, 0.5) is 13.2 Å². The van der Waals surface area contributed by atoms with E-state index in [0.29, 0.717) is 13.0 Å². The van der Waals surface area contributed by atoms with Gasteiger partial charge in [-0.3, -0.25) is 9.48 Å². The van der Waals surface area contributed by atoms with E-state index in [1.54, 1.807) is 7.05 Å². The van der Waals surface area contributed by atoms with E-state index >= 15 is 0 Å². The summed E-state index contributed by atoms with van der Waals surface area (Å²) in [5, 5.41) is 3.39. The van der Waals surface area contributed by atoms with Crippen molar-refractivity contribution in [3.05, 3.63) is 18.0 Å². The molecule has 0 aliphatic carbocycles. The minimum absolute atomic E-state index is 0.197. The van der Waals surface area contributed by atoms with Gasteiger partial charge in [0.15, 0.2) is 5.69 Å². The number of amides is 1. The van der Waals surface area contributed by atoms with E-state index in [-0.39, 0.29) is 5.91 Å². The molecular formula is C9H10F3N3O. The predicted molar refractivity (Wildman–Crippen MR) is 48.5 cm³/mol. The average molecular weight is 233 g/mol. The van der Waals surface area contributed by atoms with Crippen molar-refractivity contribution in [2.45, 2.75) is 18.6 Å². The van der Waals surface area contributed by atoms with Crippen molar-refractivity contribution in [2.75, 3.05) is 13.6 Å². The molecule has 1 aliphatic rings. The normalized spacial score (nSPS) is 21.9. The fourth-order valence-electron chi connectivity index (χ4n) is 1.71. The van der Waals surface area contributed by atoms with Gasteiger partial charge in [0, 0.05) is 19.8 Å². The van der Waals surface area contributed by atoms with Crippen LogP contribution in [0.1, 0.15) is 18.2 Å². The lowest BCUT2D eigenvalue weighted by Crippen LogP contribution is -2.25. The first-order chi connectivity index (χ1) is 7.39. The van der Waals surface area contributed by atoms with Gasteiger partial charge in [-0.25, -0.2) is 0 Å². The first kappa shape index (κ1) is 11.0. The van der Waals surface area contributed by atoms with Crippen molar-refractivity contribution >= 4 is 5.91 Å². The summed E-state index contributed by atoms with van der Waals surface area (Å²) in [6.07, 6.45) is -2.77. The molecule has 0 N–H and O–H groups in total. The highest BCUT2D eigenvalue weighted by molar-refractivity contribution is 5.82. The predicted octanol–water partition coefficient (Wildman–Crippen LogP) is 1.31. The summed E-state index contributed by atoms with van der Waals surface area (Å²) in [7, 11) is 1.62. The Labute approximate surface area is 89.6 Å². The Kier molecular flexibility index (Phi) is 2.40. The summed E-state index contributed by atoms with van der Waals surface area (Å²) in [5.41, 5.74) is -0.963. The van der Waals surface area contributed by atoms with Crippen molar-refractivity contribution in [3.63, 3.8) is 0 Å². The van der Waals surface area contributed by atoms with E-state index in [1.807, 2.05) is 0 Å². The molecule has 1 saturated heterocycles. The molecule has 1 amide bonds. The Morgan fingerprint density at radius 1 is 1.50 bits per heavy atom. The average Bonchev–Trinajstić information content (AvgIpc) is 2.74. The third kappa shape index (κ3) is 1.77. The summed E-state index contributed by atoms with van der Waals surface area (Å²) < 4.78 is 38.0. The zero-order chi connectivity index (χ0) is 11.9. The van der Waals surface area contributed by atoms with Crippen molar-refractivity contribution in [1.82, 2.24) is 14.7 Å². The molecule has 2 heterocycles. The lowest BCUT2D eigenvalue weighted by atomic mass is 10.2. The number of hydrogen-bond acceptors (Lipinski definition) is 2. The SMILES string of the molecule is CN1CCC(n2ccc(C(F)(F)F)n2)C1=O. The van der Waals surface area contributed by atoms with Crippen LogP contribution in [0.25, 0.3) is 0 Å². The highest BCUT2D eigenvalue weighted by Crippen LogP contribution is 2.29. The molecule has 1 aromatic heterocycles. The third-order valence-corrected chi connectivity index (χ3v) is 2.62. The van der Waals surface area contributed by atoms with Gasteiger partial charge in [-0.05, 0) is 12.5 Å². The van der Waals surface area contributed by atoms with Crippen LogP contribution < -0.4 is 0 Å². The zero-order valence-corrected chi connectivity index (χ0v) is 8.53. The molecular weight excluding hydrogens is 223 g/mol. The zero-order valence-electron chi connectivity index (χ0n) is 8.53. The number of likely N-dealkylation sites (tertiary alicyclic amines) is 1. The Bertz CT molecular complexity index is 412. The largest absolute Gasteiger partial charge is 0.435 e. The van der Waals surface area contributed by atoms with Crippen LogP contribution in [0.5, 0.6) is 0 Å². The van der Waals surface area contributed by atoms with Crippen LogP contribution in [-0.4, -0.2) is 34.2 Å². The van der Waals surface area contributed by atoms with Crippen LogP contribution in [0, 0.1) is 0 Å². The highest BCUT2D eigenvalue weighted by Gasteiger charge is 2.36. The molecule has 1 fully saturated rings. The maximum absolute atomic E-state index is 12.3. The highest BCUT2D eigenvalue weighted by atomic mass is 19.4. The van der Waals surface area contributed by atoms with Crippen molar-refractivity contribution in [3.8, 4) is 0 Å². The Morgan fingerprint density at radius 3 is 2.62 bits per heavy atom. The Balaban J connectivity index is 2.23. The molecule has 0 saturated carbocycles. The number of carbonyl (C=O) groups excluding carboxylic acids is 1. The van der Waals surface area contributed by atoms with Crippen molar-refractivity contribution in [1.29, 1.82) is 0 Å².